The summed E-state index contributed by atoms with van der Waals surface area (Å²) in [5.41, 5.74) is 3.16. The Morgan fingerprint density at radius 1 is 1.67 bits per heavy atom. The van der Waals surface area contributed by atoms with Crippen LogP contribution in [-0.4, -0.2) is 13.0 Å². The van der Waals surface area contributed by atoms with Gasteiger partial charge in [0.25, 0.3) is 0 Å². The molecule has 0 aliphatic heterocycles. The minimum atomic E-state index is 0.516. The van der Waals surface area contributed by atoms with Crippen molar-refractivity contribution >= 4 is 5.96 Å². The zero-order valence-electron chi connectivity index (χ0n) is 5.73. The second kappa shape index (κ2) is 3.91. The Hall–Kier alpha value is -1.03. The van der Waals surface area contributed by atoms with Gasteiger partial charge in [-0.15, -0.1) is 0 Å². The molecular formula is C5H12N4. The van der Waals surface area contributed by atoms with E-state index < -0.39 is 0 Å². The molecule has 0 aromatic carbocycles. The second-order valence-corrected chi connectivity index (χ2v) is 1.62. The maximum Gasteiger partial charge on any atom is 0.209 e. The molecule has 0 aliphatic rings. The van der Waals surface area contributed by atoms with E-state index in [4.69, 9.17) is 5.84 Å². The van der Waals surface area contributed by atoms with Crippen LogP contribution >= 0.6 is 0 Å². The third kappa shape index (κ3) is 3.54. The molecule has 52 valence electrons. The first kappa shape index (κ1) is 7.97. The summed E-state index contributed by atoms with van der Waals surface area (Å²) in [5.74, 6) is 5.56. The molecule has 0 saturated carbocycles. The number of hydrogen-bond donors (Lipinski definition) is 3. The number of rotatable bonds is 1. The molecule has 9 heavy (non-hydrogen) atoms. The standard InChI is InChI=1S/C5H12N4/c1-4(2)8-5(7-3)9-6/h1,6H2,2-3H3,(H2,7,8,9). The molecule has 0 rings (SSSR count). The van der Waals surface area contributed by atoms with Crippen LogP contribution in [0.2, 0.25) is 0 Å². The van der Waals surface area contributed by atoms with Gasteiger partial charge in [0.1, 0.15) is 0 Å². The summed E-state index contributed by atoms with van der Waals surface area (Å²) in [5, 5.41) is 2.80. The van der Waals surface area contributed by atoms with Gasteiger partial charge in [0, 0.05) is 12.7 Å². The van der Waals surface area contributed by atoms with Gasteiger partial charge in [-0.25, -0.2) is 5.84 Å². The average molecular weight is 128 g/mol. The van der Waals surface area contributed by atoms with E-state index in [9.17, 15) is 0 Å². The Bertz CT molecular complexity index is 127. The van der Waals surface area contributed by atoms with Crippen LogP contribution in [0.3, 0.4) is 0 Å². The summed E-state index contributed by atoms with van der Waals surface area (Å²) < 4.78 is 0. The van der Waals surface area contributed by atoms with Crippen molar-refractivity contribution < 1.29 is 0 Å². The van der Waals surface area contributed by atoms with Crippen LogP contribution in [0.25, 0.3) is 0 Å². The number of nitrogens with one attached hydrogen (secondary N) is 2. The van der Waals surface area contributed by atoms with Crippen LogP contribution in [0, 0.1) is 0 Å². The first-order chi connectivity index (χ1) is 4.20. The molecule has 0 saturated heterocycles. The van der Waals surface area contributed by atoms with Crippen molar-refractivity contribution in [1.82, 2.24) is 10.7 Å². The van der Waals surface area contributed by atoms with E-state index >= 15 is 0 Å². The fourth-order valence-electron chi connectivity index (χ4n) is 0.359. The van der Waals surface area contributed by atoms with E-state index in [0.29, 0.717) is 5.96 Å². The lowest BCUT2D eigenvalue weighted by atomic mass is 10.6. The predicted molar refractivity (Wildman–Crippen MR) is 38.6 cm³/mol. The van der Waals surface area contributed by atoms with Gasteiger partial charge in [-0.1, -0.05) is 6.58 Å². The van der Waals surface area contributed by atoms with E-state index in [0.717, 1.165) is 5.70 Å². The van der Waals surface area contributed by atoms with Crippen molar-refractivity contribution in [3.8, 4) is 0 Å². The highest BCUT2D eigenvalue weighted by atomic mass is 15.3. The number of allylic oxidation sites excluding steroid dienone is 1. The quantitative estimate of drug-likeness (QED) is 0.194. The Morgan fingerprint density at radius 3 is 2.33 bits per heavy atom. The largest absolute Gasteiger partial charge is 0.330 e. The normalized spacial score (nSPS) is 10.8. The number of hydrazine groups is 1. The number of guanidine groups is 1. The Kier molecular flexibility index (Phi) is 3.46. The van der Waals surface area contributed by atoms with Gasteiger partial charge in [-0.3, -0.25) is 10.4 Å². The lowest BCUT2D eigenvalue weighted by Gasteiger charge is -2.05. The van der Waals surface area contributed by atoms with Crippen LogP contribution in [0.5, 0.6) is 0 Å². The number of hydrogen-bond acceptors (Lipinski definition) is 2. The summed E-state index contributed by atoms with van der Waals surface area (Å²) in [6.45, 7) is 5.43. The van der Waals surface area contributed by atoms with E-state index in [1.807, 2.05) is 6.92 Å². The van der Waals surface area contributed by atoms with Crippen molar-refractivity contribution in [3.05, 3.63) is 12.3 Å². The zero-order chi connectivity index (χ0) is 7.28. The van der Waals surface area contributed by atoms with Crippen LogP contribution < -0.4 is 16.6 Å². The number of nitrogens with two attached hydrogens (primary N) is 1. The molecule has 0 aromatic heterocycles. The lowest BCUT2D eigenvalue weighted by molar-refractivity contribution is 0.934. The van der Waals surface area contributed by atoms with Gasteiger partial charge in [-0.2, -0.15) is 0 Å². The van der Waals surface area contributed by atoms with Crippen LogP contribution in [0.1, 0.15) is 6.92 Å². The molecule has 0 heterocycles. The molecule has 0 bridgehead atoms. The molecule has 0 unspecified atom stereocenters. The third-order valence-electron chi connectivity index (χ3n) is 0.692. The Morgan fingerprint density at radius 2 is 2.22 bits per heavy atom. The topological polar surface area (TPSA) is 62.4 Å². The van der Waals surface area contributed by atoms with E-state index in [1.165, 1.54) is 0 Å². The van der Waals surface area contributed by atoms with Gasteiger partial charge >= 0.3 is 0 Å². The van der Waals surface area contributed by atoms with E-state index in [2.05, 4.69) is 22.3 Å². The monoisotopic (exact) mass is 128 g/mol. The first-order valence-electron chi connectivity index (χ1n) is 2.56. The van der Waals surface area contributed by atoms with Crippen LogP contribution in [-0.2, 0) is 0 Å². The third-order valence-corrected chi connectivity index (χ3v) is 0.692. The molecule has 0 aromatic rings. The van der Waals surface area contributed by atoms with Gasteiger partial charge in [0.05, 0.1) is 0 Å². The minimum Gasteiger partial charge on any atom is -0.330 e. The minimum absolute atomic E-state index is 0.516. The zero-order valence-corrected chi connectivity index (χ0v) is 5.73. The molecule has 4 heteroatoms. The van der Waals surface area contributed by atoms with Crippen LogP contribution in [0.15, 0.2) is 17.3 Å². The van der Waals surface area contributed by atoms with Gasteiger partial charge in [-0.05, 0) is 6.92 Å². The lowest BCUT2D eigenvalue weighted by Crippen LogP contribution is -2.40. The summed E-state index contributed by atoms with van der Waals surface area (Å²) in [6.07, 6.45) is 0. The Labute approximate surface area is 54.8 Å². The highest BCUT2D eigenvalue weighted by Gasteiger charge is 1.88. The molecule has 4 N–H and O–H groups in total. The summed E-state index contributed by atoms with van der Waals surface area (Å²) in [4.78, 5) is 3.76. The van der Waals surface area contributed by atoms with Crippen LogP contribution in [0.4, 0.5) is 0 Å². The summed E-state index contributed by atoms with van der Waals surface area (Å²) in [6, 6.07) is 0. The van der Waals surface area contributed by atoms with Crippen molar-refractivity contribution in [1.29, 1.82) is 0 Å². The fraction of sp³-hybridized carbons (Fsp3) is 0.400. The van der Waals surface area contributed by atoms with Crippen molar-refractivity contribution in [2.75, 3.05) is 7.05 Å². The van der Waals surface area contributed by atoms with E-state index in [-0.39, 0.29) is 0 Å². The molecule has 0 atom stereocenters. The Balaban J connectivity index is 3.71. The van der Waals surface area contributed by atoms with Gasteiger partial charge in [0.15, 0.2) is 0 Å². The first-order valence-corrected chi connectivity index (χ1v) is 2.56. The predicted octanol–water partition coefficient (Wildman–Crippen LogP) is -0.441. The molecule has 0 radical (unpaired) electrons. The second-order valence-electron chi connectivity index (χ2n) is 1.62. The molecule has 0 spiro atoms. The van der Waals surface area contributed by atoms with Gasteiger partial charge < -0.3 is 5.32 Å². The summed E-state index contributed by atoms with van der Waals surface area (Å²) in [7, 11) is 1.63. The average Bonchev–Trinajstić information content (AvgIpc) is 1.82. The highest BCUT2D eigenvalue weighted by molar-refractivity contribution is 5.80. The molecule has 0 amide bonds. The number of aliphatic imine (C=N–C) groups is 1. The molecule has 4 nitrogen and oxygen atoms in total. The highest BCUT2D eigenvalue weighted by Crippen LogP contribution is 1.75. The fourth-order valence-corrected chi connectivity index (χ4v) is 0.359. The van der Waals surface area contributed by atoms with Crippen molar-refractivity contribution in [3.63, 3.8) is 0 Å². The maximum absolute atomic E-state index is 5.05. The van der Waals surface area contributed by atoms with Crippen molar-refractivity contribution in [2.45, 2.75) is 6.92 Å². The molecule has 0 fully saturated rings. The maximum atomic E-state index is 5.05. The van der Waals surface area contributed by atoms with E-state index in [1.54, 1.807) is 7.05 Å². The number of nitrogens with zero attached hydrogens (tertiary/aromatic N) is 1. The smallest absolute Gasteiger partial charge is 0.209 e. The molecule has 0 aliphatic carbocycles. The van der Waals surface area contributed by atoms with Crippen molar-refractivity contribution in [2.24, 2.45) is 10.8 Å². The van der Waals surface area contributed by atoms with Gasteiger partial charge in [0.2, 0.25) is 5.96 Å². The molecular weight excluding hydrogens is 116 g/mol. The summed E-state index contributed by atoms with van der Waals surface area (Å²) >= 11 is 0. The SMILES string of the molecule is C=C(C)NC(=NC)NN.